The number of carbonyl (C=O) groups is 3. The molecule has 0 aromatic heterocycles. The molecule has 7 heteroatoms. The van der Waals surface area contributed by atoms with E-state index in [-0.39, 0.29) is 24.2 Å². The first-order valence-corrected chi connectivity index (χ1v) is 9.68. The molecule has 6 nitrogen and oxygen atoms in total. The highest BCUT2D eigenvalue weighted by Crippen LogP contribution is 2.21. The van der Waals surface area contributed by atoms with E-state index in [1.807, 2.05) is 19.9 Å². The minimum atomic E-state index is -0.768. The lowest BCUT2D eigenvalue weighted by Gasteiger charge is -2.25. The van der Waals surface area contributed by atoms with E-state index in [1.165, 1.54) is 7.11 Å². The average Bonchev–Trinajstić information content (AvgIpc) is 2.72. The van der Waals surface area contributed by atoms with Crippen LogP contribution in [-0.4, -0.2) is 30.9 Å². The molecule has 154 valence electrons. The summed E-state index contributed by atoms with van der Waals surface area (Å²) in [6.45, 7) is 3.68. The van der Waals surface area contributed by atoms with Gasteiger partial charge in [0, 0.05) is 10.6 Å². The maximum atomic E-state index is 13.0. The Hall–Kier alpha value is -2.86. The summed E-state index contributed by atoms with van der Waals surface area (Å²) in [5.74, 6) is -1.34. The monoisotopic (exact) mass is 416 g/mol. The standard InChI is InChI=1S/C22H25ClN2O4/c1-14(2)20(25-21(27)16-7-5-4-6-8-16)22(28)24-18(13-19(26)29-3)15-9-11-17(23)12-10-15/h4-12,14,18,20H,13H2,1-3H3,(H,24,28)(H,25,27). The van der Waals surface area contributed by atoms with Crippen LogP contribution in [0.15, 0.2) is 54.6 Å². The first-order chi connectivity index (χ1) is 13.8. The van der Waals surface area contributed by atoms with E-state index in [0.29, 0.717) is 16.1 Å². The van der Waals surface area contributed by atoms with Crippen LogP contribution in [0.2, 0.25) is 5.02 Å². The summed E-state index contributed by atoms with van der Waals surface area (Å²) in [5.41, 5.74) is 1.18. The zero-order valence-electron chi connectivity index (χ0n) is 16.6. The Balaban J connectivity index is 2.18. The van der Waals surface area contributed by atoms with Gasteiger partial charge in [0.25, 0.3) is 5.91 Å². The first kappa shape index (κ1) is 22.4. The zero-order valence-corrected chi connectivity index (χ0v) is 17.4. The molecular formula is C22H25ClN2O4. The smallest absolute Gasteiger partial charge is 0.307 e. The van der Waals surface area contributed by atoms with Crippen LogP contribution in [0, 0.1) is 5.92 Å². The van der Waals surface area contributed by atoms with Crippen molar-refractivity contribution in [2.45, 2.75) is 32.4 Å². The van der Waals surface area contributed by atoms with Gasteiger partial charge < -0.3 is 15.4 Å². The third kappa shape index (κ3) is 6.61. The van der Waals surface area contributed by atoms with E-state index >= 15 is 0 Å². The molecule has 2 unspecified atom stereocenters. The van der Waals surface area contributed by atoms with Gasteiger partial charge in [0.05, 0.1) is 19.6 Å². The molecule has 0 fully saturated rings. The van der Waals surface area contributed by atoms with E-state index in [4.69, 9.17) is 16.3 Å². The summed E-state index contributed by atoms with van der Waals surface area (Å²) in [6.07, 6.45) is -0.0404. The highest BCUT2D eigenvalue weighted by atomic mass is 35.5. The van der Waals surface area contributed by atoms with Crippen molar-refractivity contribution in [3.8, 4) is 0 Å². The van der Waals surface area contributed by atoms with Crippen molar-refractivity contribution < 1.29 is 19.1 Å². The normalized spacial score (nSPS) is 12.7. The number of esters is 1. The number of halogens is 1. The summed E-state index contributed by atoms with van der Waals surface area (Å²) in [6, 6.07) is 14.2. The molecule has 0 saturated carbocycles. The Morgan fingerprint density at radius 1 is 0.966 bits per heavy atom. The van der Waals surface area contributed by atoms with E-state index in [2.05, 4.69) is 10.6 Å². The molecule has 2 N–H and O–H groups in total. The molecule has 0 spiro atoms. The summed E-state index contributed by atoms with van der Waals surface area (Å²) in [5, 5.41) is 6.18. The molecule has 2 aromatic rings. The molecule has 2 aromatic carbocycles. The lowest BCUT2D eigenvalue weighted by atomic mass is 9.99. The molecule has 2 amide bonds. The van der Waals surface area contributed by atoms with Crippen molar-refractivity contribution in [3.63, 3.8) is 0 Å². The Morgan fingerprint density at radius 3 is 2.14 bits per heavy atom. The van der Waals surface area contributed by atoms with Gasteiger partial charge in [0.15, 0.2) is 0 Å². The number of benzene rings is 2. The van der Waals surface area contributed by atoms with Crippen LogP contribution in [0.25, 0.3) is 0 Å². The van der Waals surface area contributed by atoms with Crippen molar-refractivity contribution in [1.82, 2.24) is 10.6 Å². The topological polar surface area (TPSA) is 84.5 Å². The van der Waals surface area contributed by atoms with Crippen LogP contribution in [-0.2, 0) is 14.3 Å². The maximum Gasteiger partial charge on any atom is 0.307 e. The second-order valence-corrected chi connectivity index (χ2v) is 7.39. The minimum absolute atomic E-state index is 0.0404. The molecule has 0 heterocycles. The van der Waals surface area contributed by atoms with Crippen LogP contribution in [0.4, 0.5) is 0 Å². The Labute approximate surface area is 175 Å². The number of hydrogen-bond acceptors (Lipinski definition) is 4. The van der Waals surface area contributed by atoms with Crippen molar-refractivity contribution in [1.29, 1.82) is 0 Å². The molecular weight excluding hydrogens is 392 g/mol. The number of rotatable bonds is 8. The molecule has 29 heavy (non-hydrogen) atoms. The van der Waals surface area contributed by atoms with Crippen LogP contribution in [0.5, 0.6) is 0 Å². The minimum Gasteiger partial charge on any atom is -0.469 e. The number of methoxy groups -OCH3 is 1. The summed E-state index contributed by atoms with van der Waals surface area (Å²) in [4.78, 5) is 37.3. The summed E-state index contributed by atoms with van der Waals surface area (Å²) in [7, 11) is 1.29. The molecule has 0 aliphatic heterocycles. The quantitative estimate of drug-likeness (QED) is 0.645. The summed E-state index contributed by atoms with van der Waals surface area (Å²) < 4.78 is 4.75. The second kappa shape index (κ2) is 10.6. The zero-order chi connectivity index (χ0) is 21.4. The molecule has 2 rings (SSSR count). The van der Waals surface area contributed by atoms with Gasteiger partial charge in [0.1, 0.15) is 6.04 Å². The van der Waals surface area contributed by atoms with Gasteiger partial charge in [-0.25, -0.2) is 0 Å². The van der Waals surface area contributed by atoms with Crippen molar-refractivity contribution in [2.75, 3.05) is 7.11 Å². The maximum absolute atomic E-state index is 13.0. The fraction of sp³-hybridized carbons (Fsp3) is 0.318. The lowest BCUT2D eigenvalue weighted by Crippen LogP contribution is -2.50. The number of carbonyl (C=O) groups excluding carboxylic acids is 3. The Morgan fingerprint density at radius 2 is 1.59 bits per heavy atom. The van der Waals surface area contributed by atoms with E-state index in [9.17, 15) is 14.4 Å². The van der Waals surface area contributed by atoms with Crippen molar-refractivity contribution in [3.05, 3.63) is 70.7 Å². The average molecular weight is 417 g/mol. The van der Waals surface area contributed by atoms with Crippen LogP contribution < -0.4 is 10.6 Å². The van der Waals surface area contributed by atoms with E-state index in [1.54, 1.807) is 48.5 Å². The predicted octanol–water partition coefficient (Wildman–Crippen LogP) is 3.52. The van der Waals surface area contributed by atoms with E-state index in [0.717, 1.165) is 0 Å². The highest BCUT2D eigenvalue weighted by Gasteiger charge is 2.28. The number of ether oxygens (including phenoxy) is 1. The number of nitrogens with one attached hydrogen (secondary N) is 2. The number of hydrogen-bond donors (Lipinski definition) is 2. The van der Waals surface area contributed by atoms with Gasteiger partial charge in [-0.05, 0) is 35.7 Å². The predicted molar refractivity (Wildman–Crippen MR) is 112 cm³/mol. The third-order valence-electron chi connectivity index (χ3n) is 4.46. The molecule has 0 saturated heterocycles. The fourth-order valence-electron chi connectivity index (χ4n) is 2.81. The number of amides is 2. The Bertz CT molecular complexity index is 838. The van der Waals surface area contributed by atoms with Gasteiger partial charge in [0.2, 0.25) is 5.91 Å². The van der Waals surface area contributed by atoms with Gasteiger partial charge in [-0.3, -0.25) is 14.4 Å². The first-order valence-electron chi connectivity index (χ1n) is 9.30. The molecule has 0 bridgehead atoms. The summed E-state index contributed by atoms with van der Waals surface area (Å²) >= 11 is 5.94. The van der Waals surface area contributed by atoms with Crippen molar-refractivity contribution in [2.24, 2.45) is 5.92 Å². The highest BCUT2D eigenvalue weighted by molar-refractivity contribution is 6.30. The molecule has 0 aliphatic rings. The van der Waals surface area contributed by atoms with Gasteiger partial charge in [-0.2, -0.15) is 0 Å². The van der Waals surface area contributed by atoms with Gasteiger partial charge in [-0.1, -0.05) is 55.8 Å². The van der Waals surface area contributed by atoms with Gasteiger partial charge in [-0.15, -0.1) is 0 Å². The lowest BCUT2D eigenvalue weighted by molar-refractivity contribution is -0.141. The molecule has 0 aliphatic carbocycles. The molecule has 2 atom stereocenters. The Kier molecular flexibility index (Phi) is 8.21. The second-order valence-electron chi connectivity index (χ2n) is 6.95. The SMILES string of the molecule is COC(=O)CC(NC(=O)C(NC(=O)c1ccccc1)C(C)C)c1ccc(Cl)cc1. The van der Waals surface area contributed by atoms with Gasteiger partial charge >= 0.3 is 5.97 Å². The largest absolute Gasteiger partial charge is 0.469 e. The van der Waals surface area contributed by atoms with Crippen molar-refractivity contribution >= 4 is 29.4 Å². The fourth-order valence-corrected chi connectivity index (χ4v) is 2.93. The molecule has 0 radical (unpaired) electrons. The van der Waals surface area contributed by atoms with Crippen LogP contribution >= 0.6 is 11.6 Å². The van der Waals surface area contributed by atoms with Crippen LogP contribution in [0.1, 0.15) is 42.2 Å². The third-order valence-corrected chi connectivity index (χ3v) is 4.71. The van der Waals surface area contributed by atoms with Crippen LogP contribution in [0.3, 0.4) is 0 Å². The van der Waals surface area contributed by atoms with E-state index < -0.39 is 18.1 Å².